The highest BCUT2D eigenvalue weighted by Gasteiger charge is 2.37. The standard InChI is InChI=1S/C111H184N2O21/c1-3-4-5-6-7-8-9-10-11-12-13-14-15-16-17-18-19-20-21-22-23-24-25-26-27-28-29-30-31-32-33-34-35-36-37-38-39-40-41-42-43-44-45-46-47-48-49-50-51-52-61-112-108(114)100-57-53-96-98-55-59-102-107-103(60-56-99(105(98)107)97-54-58-101(109(112)115)106(100)104(96)97)111(117)113(110(102)116)62-63-119-66-67-121-70-71-123-74-75-125-78-79-127-82-83-129-86-87-131-90-91-133-94-95-134-93-92-132-89-88-130-85-84-128-81-80-126-77-76-124-73-72-122-69-68-120-65-64-118-2/h53-60H,3-52,61-95H2,1-2H3. The number of ether oxygens (including phenoxy) is 17. The molecule has 0 bridgehead atoms. The molecule has 0 saturated carbocycles. The number of benzene rings is 5. The van der Waals surface area contributed by atoms with Gasteiger partial charge < -0.3 is 80.5 Å². The SMILES string of the molecule is CCCCCCCCCCCCCCCCCCCCCCCCCCCCCCCCCCCCCCCCCCCCCCCCCCCCN1C(=O)c2ccc3c4ccc5c6c(ccc(c7ccc(c2c37)C1=O)c64)C(=O)N(CCOCCOCCOCCOCCOCCOCCOCCOCCOCCOCCOCCOCCOCCOCCOCCOCCOC)C5=O. The largest absolute Gasteiger partial charge is 0.382 e. The van der Waals surface area contributed by atoms with E-state index in [0.29, 0.717) is 244 Å². The Hall–Kier alpha value is -5.00. The topological polar surface area (TPSA) is 232 Å². The fraction of sp³-hybridized carbons (Fsp3) is 0.784. The second-order valence-corrected chi connectivity index (χ2v) is 36.8. The van der Waals surface area contributed by atoms with Crippen molar-refractivity contribution in [2.24, 2.45) is 0 Å². The minimum Gasteiger partial charge on any atom is -0.382 e. The average Bonchev–Trinajstić information content (AvgIpc) is 0.689. The second kappa shape index (κ2) is 81.7. The van der Waals surface area contributed by atoms with Crippen molar-refractivity contribution in [2.75, 3.05) is 238 Å². The van der Waals surface area contributed by atoms with Gasteiger partial charge in [0, 0.05) is 46.7 Å². The van der Waals surface area contributed by atoms with E-state index in [1.54, 1.807) is 19.2 Å². The molecule has 2 heterocycles. The van der Waals surface area contributed by atoms with E-state index in [-0.39, 0.29) is 43.4 Å². The molecule has 5 aromatic carbocycles. The Balaban J connectivity index is 0.577. The van der Waals surface area contributed by atoms with Gasteiger partial charge in [-0.1, -0.05) is 346 Å². The molecule has 0 radical (unpaired) electrons. The van der Waals surface area contributed by atoms with Crippen LogP contribution in [0.1, 0.15) is 369 Å². The lowest BCUT2D eigenvalue weighted by Gasteiger charge is -2.30. The summed E-state index contributed by atoms with van der Waals surface area (Å²) >= 11 is 0. The summed E-state index contributed by atoms with van der Waals surface area (Å²) in [5, 5.41) is 6.47. The third kappa shape index (κ3) is 50.9. The average molecular weight is 1880 g/mol. The number of imide groups is 2. The Morgan fingerprint density at radius 3 is 0.470 bits per heavy atom. The van der Waals surface area contributed by atoms with E-state index in [2.05, 4.69) is 6.92 Å². The molecule has 0 aromatic heterocycles. The molecule has 0 aliphatic carbocycles. The van der Waals surface area contributed by atoms with Crippen LogP contribution in [-0.2, 0) is 80.5 Å². The van der Waals surface area contributed by atoms with Gasteiger partial charge in [-0.3, -0.25) is 29.0 Å². The van der Waals surface area contributed by atoms with Gasteiger partial charge in [-0.05, 0) is 63.0 Å². The fourth-order valence-corrected chi connectivity index (χ4v) is 18.3. The first kappa shape index (κ1) is 116. The van der Waals surface area contributed by atoms with Crippen LogP contribution in [-0.4, -0.2) is 272 Å². The van der Waals surface area contributed by atoms with Crippen LogP contribution < -0.4 is 0 Å². The fourth-order valence-electron chi connectivity index (χ4n) is 18.3. The number of nitrogens with zero attached hydrogens (tertiary/aromatic N) is 2. The minimum atomic E-state index is -0.373. The Labute approximate surface area is 808 Å². The summed E-state index contributed by atoms with van der Waals surface area (Å²) in [6, 6.07) is 15.2. The van der Waals surface area contributed by atoms with Gasteiger partial charge in [-0.2, -0.15) is 0 Å². The summed E-state index contributed by atoms with van der Waals surface area (Å²) < 4.78 is 93.9. The van der Waals surface area contributed by atoms with Crippen molar-refractivity contribution in [3.05, 3.63) is 70.8 Å². The molecule has 0 saturated heterocycles. The van der Waals surface area contributed by atoms with E-state index in [9.17, 15) is 19.2 Å². The van der Waals surface area contributed by atoms with Gasteiger partial charge >= 0.3 is 0 Å². The predicted octanol–water partition coefficient (Wildman–Crippen LogP) is 24.4. The Morgan fingerprint density at radius 1 is 0.164 bits per heavy atom. The molecule has 134 heavy (non-hydrogen) atoms. The molecule has 764 valence electrons. The molecule has 2 aliphatic heterocycles. The van der Waals surface area contributed by atoms with Crippen molar-refractivity contribution in [2.45, 2.75) is 328 Å². The van der Waals surface area contributed by atoms with Crippen LogP contribution in [0.15, 0.2) is 48.5 Å². The lowest BCUT2D eigenvalue weighted by Crippen LogP contribution is -2.42. The zero-order chi connectivity index (χ0) is 94.2. The second-order valence-electron chi connectivity index (χ2n) is 36.8. The number of hydrogen-bond donors (Lipinski definition) is 0. The Kier molecular flexibility index (Phi) is 70.7. The van der Waals surface area contributed by atoms with Gasteiger partial charge in [-0.25, -0.2) is 0 Å². The number of carbonyl (C=O) groups is 4. The quantitative estimate of drug-likeness (QED) is 0.0152. The normalized spacial score (nSPS) is 12.9. The number of unbranched alkanes of at least 4 members (excludes halogenated alkanes) is 49. The summed E-state index contributed by atoms with van der Waals surface area (Å²) in [6.45, 7) is 18.0. The van der Waals surface area contributed by atoms with E-state index >= 15 is 0 Å². The number of carbonyl (C=O) groups excluding carboxylic acids is 4. The molecule has 0 unspecified atom stereocenters. The molecule has 2 aliphatic rings. The molecule has 0 spiro atoms. The molecule has 0 fully saturated rings. The van der Waals surface area contributed by atoms with Gasteiger partial charge in [-0.15, -0.1) is 0 Å². The van der Waals surface area contributed by atoms with Crippen molar-refractivity contribution in [3.63, 3.8) is 0 Å². The van der Waals surface area contributed by atoms with Crippen LogP contribution in [0, 0.1) is 0 Å². The summed E-state index contributed by atoms with van der Waals surface area (Å²) in [6.07, 6.45) is 70.2. The van der Waals surface area contributed by atoms with Crippen LogP contribution in [0.4, 0.5) is 0 Å². The van der Waals surface area contributed by atoms with Crippen LogP contribution >= 0.6 is 0 Å². The first-order chi connectivity index (χ1) is 66.5. The molecular formula is C111H184N2O21. The number of fused-ring (bicyclic) bond motifs is 2. The number of amides is 4. The number of hydrogen-bond acceptors (Lipinski definition) is 21. The monoisotopic (exact) mass is 1880 g/mol. The van der Waals surface area contributed by atoms with Crippen molar-refractivity contribution in [1.82, 2.24) is 9.80 Å². The molecule has 0 N–H and O–H groups in total. The lowest BCUT2D eigenvalue weighted by molar-refractivity contribution is -0.0306. The number of rotatable bonds is 102. The maximum absolute atomic E-state index is 14.3. The van der Waals surface area contributed by atoms with Crippen molar-refractivity contribution in [3.8, 4) is 0 Å². The van der Waals surface area contributed by atoms with Gasteiger partial charge in [0.05, 0.1) is 225 Å². The maximum atomic E-state index is 14.3. The highest BCUT2D eigenvalue weighted by atomic mass is 16.6. The zero-order valence-corrected chi connectivity index (χ0v) is 84.2. The molecule has 23 heteroatoms. The van der Waals surface area contributed by atoms with E-state index in [0.717, 1.165) is 51.6 Å². The van der Waals surface area contributed by atoms with Crippen molar-refractivity contribution < 1.29 is 99.7 Å². The van der Waals surface area contributed by atoms with Gasteiger partial charge in [0.1, 0.15) is 0 Å². The van der Waals surface area contributed by atoms with Crippen LogP contribution in [0.5, 0.6) is 0 Å². The molecule has 0 atom stereocenters. The highest BCUT2D eigenvalue weighted by Crippen LogP contribution is 2.46. The highest BCUT2D eigenvalue weighted by molar-refractivity contribution is 6.41. The van der Waals surface area contributed by atoms with E-state index in [1.807, 2.05) is 36.4 Å². The van der Waals surface area contributed by atoms with E-state index < -0.39 is 0 Å². The summed E-state index contributed by atoms with van der Waals surface area (Å²) in [5.74, 6) is -1.24. The van der Waals surface area contributed by atoms with Crippen LogP contribution in [0.2, 0.25) is 0 Å². The summed E-state index contributed by atoms with van der Waals surface area (Å²) in [7, 11) is 1.64. The van der Waals surface area contributed by atoms with Crippen molar-refractivity contribution in [1.29, 1.82) is 0 Å². The molecular weight excluding hydrogens is 1700 g/mol. The molecule has 7 rings (SSSR count). The third-order valence-corrected chi connectivity index (χ3v) is 26.0. The molecule has 23 nitrogen and oxygen atoms in total. The van der Waals surface area contributed by atoms with Gasteiger partial charge in [0.25, 0.3) is 23.6 Å². The smallest absolute Gasteiger partial charge is 0.261 e. The Morgan fingerprint density at radius 2 is 0.306 bits per heavy atom. The molecule has 4 amide bonds. The maximum Gasteiger partial charge on any atom is 0.261 e. The first-order valence-corrected chi connectivity index (χ1v) is 54.1. The molecule has 5 aromatic rings. The third-order valence-electron chi connectivity index (χ3n) is 26.0. The van der Waals surface area contributed by atoms with E-state index in [1.165, 1.54) is 312 Å². The first-order valence-electron chi connectivity index (χ1n) is 54.1. The van der Waals surface area contributed by atoms with Crippen molar-refractivity contribution >= 4 is 66.7 Å². The minimum absolute atomic E-state index is 0.0862. The lowest BCUT2D eigenvalue weighted by atomic mass is 9.82. The van der Waals surface area contributed by atoms with Crippen LogP contribution in [0.3, 0.4) is 0 Å². The summed E-state index contributed by atoms with van der Waals surface area (Å²) in [4.78, 5) is 59.6. The zero-order valence-electron chi connectivity index (χ0n) is 84.2. The van der Waals surface area contributed by atoms with Crippen LogP contribution in [0.25, 0.3) is 43.1 Å². The Bertz CT molecular complexity index is 3320. The van der Waals surface area contributed by atoms with Gasteiger partial charge in [0.15, 0.2) is 0 Å². The number of methoxy groups -OCH3 is 1. The van der Waals surface area contributed by atoms with Gasteiger partial charge in [0.2, 0.25) is 0 Å². The predicted molar refractivity (Wildman–Crippen MR) is 540 cm³/mol. The summed E-state index contributed by atoms with van der Waals surface area (Å²) in [5.41, 5.74) is 1.98. The van der Waals surface area contributed by atoms with E-state index in [4.69, 9.17) is 80.5 Å².